The van der Waals surface area contributed by atoms with Gasteiger partial charge >= 0.3 is 0 Å². The SMILES string of the molecule is CC(=O)NCCCc1ccc(-c2csc(NC(=O)COc3ccc(Br)cc3)n2)cc1. The molecule has 6 nitrogen and oxygen atoms in total. The molecule has 156 valence electrons. The Balaban J connectivity index is 1.48. The minimum Gasteiger partial charge on any atom is -0.484 e. The number of hydrogen-bond acceptors (Lipinski definition) is 5. The van der Waals surface area contributed by atoms with Gasteiger partial charge in [0.2, 0.25) is 5.91 Å². The van der Waals surface area contributed by atoms with Crippen molar-refractivity contribution in [3.63, 3.8) is 0 Å². The van der Waals surface area contributed by atoms with Gasteiger partial charge in [-0.3, -0.25) is 14.9 Å². The van der Waals surface area contributed by atoms with Crippen molar-refractivity contribution in [3.8, 4) is 17.0 Å². The summed E-state index contributed by atoms with van der Waals surface area (Å²) in [5.41, 5.74) is 3.01. The highest BCUT2D eigenvalue weighted by Crippen LogP contribution is 2.25. The van der Waals surface area contributed by atoms with Gasteiger partial charge in [0.05, 0.1) is 5.69 Å². The molecular formula is C22H22BrN3O3S. The monoisotopic (exact) mass is 487 g/mol. The van der Waals surface area contributed by atoms with Crippen LogP contribution in [0.3, 0.4) is 0 Å². The molecule has 0 spiro atoms. The first kappa shape index (κ1) is 22.0. The van der Waals surface area contributed by atoms with Gasteiger partial charge in [-0.1, -0.05) is 40.2 Å². The number of aromatic nitrogens is 1. The summed E-state index contributed by atoms with van der Waals surface area (Å²) in [6.45, 7) is 2.12. The summed E-state index contributed by atoms with van der Waals surface area (Å²) in [5.74, 6) is 0.371. The highest BCUT2D eigenvalue weighted by Gasteiger charge is 2.09. The minimum atomic E-state index is -0.256. The van der Waals surface area contributed by atoms with Crippen molar-refractivity contribution in [2.24, 2.45) is 0 Å². The van der Waals surface area contributed by atoms with E-state index >= 15 is 0 Å². The number of benzene rings is 2. The van der Waals surface area contributed by atoms with E-state index in [0.29, 0.717) is 17.4 Å². The van der Waals surface area contributed by atoms with Crippen molar-refractivity contribution in [2.45, 2.75) is 19.8 Å². The number of carbonyl (C=O) groups excluding carboxylic acids is 2. The Morgan fingerprint density at radius 1 is 1.10 bits per heavy atom. The number of amides is 2. The number of nitrogens with zero attached hydrogens (tertiary/aromatic N) is 1. The molecule has 1 heterocycles. The van der Waals surface area contributed by atoms with E-state index in [1.807, 2.05) is 29.6 Å². The molecule has 0 aliphatic heterocycles. The summed E-state index contributed by atoms with van der Waals surface area (Å²) < 4.78 is 6.43. The lowest BCUT2D eigenvalue weighted by Crippen LogP contribution is -2.21. The van der Waals surface area contributed by atoms with Crippen molar-refractivity contribution in [1.82, 2.24) is 10.3 Å². The molecule has 0 saturated carbocycles. The second kappa shape index (κ2) is 10.9. The lowest BCUT2D eigenvalue weighted by atomic mass is 10.1. The Hall–Kier alpha value is -2.71. The number of thiazole rings is 1. The minimum absolute atomic E-state index is 0.00310. The lowest BCUT2D eigenvalue weighted by Gasteiger charge is -2.06. The van der Waals surface area contributed by atoms with E-state index in [9.17, 15) is 9.59 Å². The number of hydrogen-bond donors (Lipinski definition) is 2. The summed E-state index contributed by atoms with van der Waals surface area (Å²) in [5, 5.41) is 8.02. The molecule has 0 radical (unpaired) electrons. The Morgan fingerprint density at radius 3 is 2.53 bits per heavy atom. The molecule has 30 heavy (non-hydrogen) atoms. The average Bonchev–Trinajstić information content (AvgIpc) is 3.19. The fourth-order valence-corrected chi connectivity index (χ4v) is 3.70. The fraction of sp³-hybridized carbons (Fsp3) is 0.227. The molecule has 0 aliphatic rings. The molecule has 0 fully saturated rings. The van der Waals surface area contributed by atoms with E-state index in [1.54, 1.807) is 12.1 Å². The van der Waals surface area contributed by atoms with Gasteiger partial charge in [-0.2, -0.15) is 0 Å². The van der Waals surface area contributed by atoms with Gasteiger partial charge in [-0.15, -0.1) is 11.3 Å². The normalized spacial score (nSPS) is 10.5. The number of aryl methyl sites for hydroxylation is 1. The zero-order valence-electron chi connectivity index (χ0n) is 16.5. The third-order valence-electron chi connectivity index (χ3n) is 4.20. The maximum Gasteiger partial charge on any atom is 0.264 e. The molecule has 0 saturated heterocycles. The van der Waals surface area contributed by atoms with E-state index in [0.717, 1.165) is 28.6 Å². The highest BCUT2D eigenvalue weighted by molar-refractivity contribution is 9.10. The number of halogens is 1. The predicted molar refractivity (Wildman–Crippen MR) is 123 cm³/mol. The van der Waals surface area contributed by atoms with E-state index < -0.39 is 0 Å². The van der Waals surface area contributed by atoms with Crippen LogP contribution in [0.15, 0.2) is 58.4 Å². The number of carbonyl (C=O) groups is 2. The van der Waals surface area contributed by atoms with Gasteiger partial charge in [-0.05, 0) is 42.7 Å². The van der Waals surface area contributed by atoms with E-state index in [1.165, 1.54) is 23.8 Å². The zero-order valence-corrected chi connectivity index (χ0v) is 18.9. The number of ether oxygens (including phenoxy) is 1. The molecule has 2 N–H and O–H groups in total. The molecule has 0 bridgehead atoms. The topological polar surface area (TPSA) is 80.3 Å². The molecule has 0 unspecified atom stereocenters. The van der Waals surface area contributed by atoms with Crippen molar-refractivity contribution in [2.75, 3.05) is 18.5 Å². The standard InChI is InChI=1S/C22H22BrN3O3S/c1-15(27)24-12-2-3-16-4-6-17(7-5-16)20-14-30-22(25-20)26-21(28)13-29-19-10-8-18(23)9-11-19/h4-11,14H,2-3,12-13H2,1H3,(H,24,27)(H,25,26,28). The van der Waals surface area contributed by atoms with Crippen LogP contribution in [-0.2, 0) is 16.0 Å². The predicted octanol–water partition coefficient (Wildman–Crippen LogP) is 4.66. The maximum atomic E-state index is 12.1. The van der Waals surface area contributed by atoms with Crippen molar-refractivity contribution >= 4 is 44.2 Å². The summed E-state index contributed by atoms with van der Waals surface area (Å²) in [6.07, 6.45) is 1.80. The van der Waals surface area contributed by atoms with Gasteiger partial charge in [-0.25, -0.2) is 4.98 Å². The number of anilines is 1. The van der Waals surface area contributed by atoms with Crippen LogP contribution >= 0.6 is 27.3 Å². The van der Waals surface area contributed by atoms with Crippen LogP contribution in [0.1, 0.15) is 18.9 Å². The molecule has 8 heteroatoms. The molecule has 0 atom stereocenters. The molecule has 2 amide bonds. The number of rotatable bonds is 9. The van der Waals surface area contributed by atoms with Crippen LogP contribution in [0, 0.1) is 0 Å². The van der Waals surface area contributed by atoms with Gasteiger partial charge in [0.1, 0.15) is 5.75 Å². The van der Waals surface area contributed by atoms with Gasteiger partial charge in [0, 0.05) is 28.9 Å². The number of nitrogens with one attached hydrogen (secondary N) is 2. The smallest absolute Gasteiger partial charge is 0.264 e. The molecular weight excluding hydrogens is 466 g/mol. The molecule has 0 aliphatic carbocycles. The zero-order chi connectivity index (χ0) is 21.3. The first-order chi connectivity index (χ1) is 14.5. The van der Waals surface area contributed by atoms with Crippen LogP contribution in [0.5, 0.6) is 5.75 Å². The Kier molecular flexibility index (Phi) is 7.98. The molecule has 3 rings (SSSR count). The summed E-state index contributed by atoms with van der Waals surface area (Å²) in [6, 6.07) is 15.5. The van der Waals surface area contributed by atoms with Crippen LogP contribution in [0.2, 0.25) is 0 Å². The van der Waals surface area contributed by atoms with Gasteiger partial charge in [0.25, 0.3) is 5.91 Å². The second-order valence-electron chi connectivity index (χ2n) is 6.61. The van der Waals surface area contributed by atoms with Crippen LogP contribution in [-0.4, -0.2) is 29.9 Å². The third-order valence-corrected chi connectivity index (χ3v) is 5.49. The first-order valence-corrected chi connectivity index (χ1v) is 11.1. The highest BCUT2D eigenvalue weighted by atomic mass is 79.9. The van der Waals surface area contributed by atoms with E-state index in [2.05, 4.69) is 43.7 Å². The molecule has 3 aromatic rings. The summed E-state index contributed by atoms with van der Waals surface area (Å²) in [4.78, 5) is 27.5. The average molecular weight is 488 g/mol. The Bertz CT molecular complexity index is 988. The lowest BCUT2D eigenvalue weighted by molar-refractivity contribution is -0.119. The summed E-state index contributed by atoms with van der Waals surface area (Å²) in [7, 11) is 0. The van der Waals surface area contributed by atoms with Crippen LogP contribution < -0.4 is 15.4 Å². The van der Waals surface area contributed by atoms with Crippen molar-refractivity contribution in [1.29, 1.82) is 0 Å². The quantitative estimate of drug-likeness (QED) is 0.430. The van der Waals surface area contributed by atoms with E-state index in [-0.39, 0.29) is 18.4 Å². The Morgan fingerprint density at radius 2 is 1.83 bits per heavy atom. The third kappa shape index (κ3) is 6.96. The molecule has 2 aromatic carbocycles. The maximum absolute atomic E-state index is 12.1. The largest absolute Gasteiger partial charge is 0.484 e. The van der Waals surface area contributed by atoms with Crippen molar-refractivity contribution < 1.29 is 14.3 Å². The second-order valence-corrected chi connectivity index (χ2v) is 8.39. The van der Waals surface area contributed by atoms with Crippen LogP contribution in [0.4, 0.5) is 5.13 Å². The molecule has 1 aromatic heterocycles. The van der Waals surface area contributed by atoms with Gasteiger partial charge < -0.3 is 10.1 Å². The fourth-order valence-electron chi connectivity index (χ4n) is 2.70. The van der Waals surface area contributed by atoms with Crippen LogP contribution in [0.25, 0.3) is 11.3 Å². The van der Waals surface area contributed by atoms with Crippen molar-refractivity contribution in [3.05, 3.63) is 63.9 Å². The first-order valence-electron chi connectivity index (χ1n) is 9.47. The van der Waals surface area contributed by atoms with Gasteiger partial charge in [0.15, 0.2) is 11.7 Å². The summed E-state index contributed by atoms with van der Waals surface area (Å²) >= 11 is 4.73. The Labute approximate surface area is 187 Å². The van der Waals surface area contributed by atoms with E-state index in [4.69, 9.17) is 4.74 Å².